The molecule has 0 aromatic heterocycles. The lowest BCUT2D eigenvalue weighted by Gasteiger charge is -2.01. The van der Waals surface area contributed by atoms with Gasteiger partial charge in [-0.15, -0.1) is 0 Å². The average Bonchev–Trinajstić information content (AvgIpc) is 2.34. The Morgan fingerprint density at radius 1 is 1.25 bits per heavy atom. The lowest BCUT2D eigenvalue weighted by Crippen LogP contribution is -2.14. The number of rotatable bonds is 0. The van der Waals surface area contributed by atoms with E-state index in [2.05, 4.69) is 0 Å². The van der Waals surface area contributed by atoms with Crippen LogP contribution in [-0.4, -0.2) is 6.04 Å². The molecule has 0 radical (unpaired) electrons. The van der Waals surface area contributed by atoms with E-state index in [1.54, 1.807) is 0 Å². The highest BCUT2D eigenvalue weighted by Crippen LogP contribution is 2.57. The summed E-state index contributed by atoms with van der Waals surface area (Å²) < 4.78 is 0. The Balaban J connectivity index is 2.03. The molecule has 46 valence electrons. The zero-order chi connectivity index (χ0) is 5.61. The molecule has 2 fully saturated rings. The highest BCUT2D eigenvalue weighted by molar-refractivity contribution is 5.00. The smallest absolute Gasteiger partial charge is 0.00443 e. The molecule has 0 aliphatic heterocycles. The Bertz CT molecular complexity index is 105. The summed E-state index contributed by atoms with van der Waals surface area (Å²) in [6, 6.07) is 0.553. The van der Waals surface area contributed by atoms with E-state index < -0.39 is 0 Å². The fraction of sp³-hybridized carbons (Fsp3) is 1.00. The standard InChI is InChI=1S/C7H13N/c8-6-1-2-7(5-6)3-4-7/h6H,1-5,8H2. The van der Waals surface area contributed by atoms with E-state index in [-0.39, 0.29) is 0 Å². The van der Waals surface area contributed by atoms with Crippen molar-refractivity contribution in [1.29, 1.82) is 0 Å². The summed E-state index contributed by atoms with van der Waals surface area (Å²) in [5, 5.41) is 0. The van der Waals surface area contributed by atoms with Gasteiger partial charge in [0.15, 0.2) is 0 Å². The molecule has 0 saturated heterocycles. The minimum absolute atomic E-state index is 0.553. The van der Waals surface area contributed by atoms with Gasteiger partial charge in [-0.05, 0) is 37.5 Å². The molecular weight excluding hydrogens is 98.1 g/mol. The summed E-state index contributed by atoms with van der Waals surface area (Å²) >= 11 is 0. The van der Waals surface area contributed by atoms with Gasteiger partial charge >= 0.3 is 0 Å². The minimum Gasteiger partial charge on any atom is -0.328 e. The van der Waals surface area contributed by atoms with Crippen LogP contribution in [0.3, 0.4) is 0 Å². The van der Waals surface area contributed by atoms with Gasteiger partial charge in [0.1, 0.15) is 0 Å². The molecule has 8 heavy (non-hydrogen) atoms. The fourth-order valence-corrected chi connectivity index (χ4v) is 1.88. The summed E-state index contributed by atoms with van der Waals surface area (Å²) in [6.07, 6.45) is 6.99. The second kappa shape index (κ2) is 1.27. The Hall–Kier alpha value is -0.0400. The SMILES string of the molecule is NC1CCC2(CC2)C1. The molecule has 2 rings (SSSR count). The number of nitrogens with two attached hydrogens (primary N) is 1. The van der Waals surface area contributed by atoms with Crippen molar-refractivity contribution in [3.8, 4) is 0 Å². The molecule has 2 aliphatic rings. The van der Waals surface area contributed by atoms with Crippen LogP contribution in [0.5, 0.6) is 0 Å². The second-order valence-electron chi connectivity index (χ2n) is 3.50. The van der Waals surface area contributed by atoms with Gasteiger partial charge in [-0.3, -0.25) is 0 Å². The third-order valence-electron chi connectivity index (χ3n) is 2.70. The number of hydrogen-bond acceptors (Lipinski definition) is 1. The van der Waals surface area contributed by atoms with Crippen LogP contribution in [0.4, 0.5) is 0 Å². The molecule has 1 nitrogen and oxygen atoms in total. The highest BCUT2D eigenvalue weighted by Gasteiger charge is 2.46. The van der Waals surface area contributed by atoms with Crippen molar-refractivity contribution in [2.75, 3.05) is 0 Å². The molecule has 0 heterocycles. The van der Waals surface area contributed by atoms with Crippen LogP contribution in [0.25, 0.3) is 0 Å². The van der Waals surface area contributed by atoms with Crippen molar-refractivity contribution in [3.05, 3.63) is 0 Å². The predicted octanol–water partition coefficient (Wildman–Crippen LogP) is 1.28. The lowest BCUT2D eigenvalue weighted by atomic mass is 10.1. The molecule has 0 aromatic rings. The normalized spacial score (nSPS) is 40.9. The van der Waals surface area contributed by atoms with E-state index in [9.17, 15) is 0 Å². The Kier molecular flexibility index (Phi) is 0.762. The predicted molar refractivity (Wildman–Crippen MR) is 33.5 cm³/mol. The quantitative estimate of drug-likeness (QED) is 0.500. The third kappa shape index (κ3) is 0.576. The molecule has 1 heteroatoms. The first-order chi connectivity index (χ1) is 3.81. The van der Waals surface area contributed by atoms with Gasteiger partial charge < -0.3 is 5.73 Å². The fourth-order valence-electron chi connectivity index (χ4n) is 1.88. The minimum atomic E-state index is 0.553. The van der Waals surface area contributed by atoms with E-state index >= 15 is 0 Å². The zero-order valence-electron chi connectivity index (χ0n) is 5.19. The van der Waals surface area contributed by atoms with E-state index in [1.165, 1.54) is 32.1 Å². The van der Waals surface area contributed by atoms with Gasteiger partial charge in [-0.2, -0.15) is 0 Å². The van der Waals surface area contributed by atoms with E-state index in [0.717, 1.165) is 5.41 Å². The van der Waals surface area contributed by atoms with Crippen LogP contribution in [0.1, 0.15) is 32.1 Å². The van der Waals surface area contributed by atoms with Crippen LogP contribution in [0, 0.1) is 5.41 Å². The van der Waals surface area contributed by atoms with Crippen molar-refractivity contribution in [3.63, 3.8) is 0 Å². The molecule has 1 atom stereocenters. The van der Waals surface area contributed by atoms with E-state index in [0.29, 0.717) is 6.04 Å². The van der Waals surface area contributed by atoms with Crippen molar-refractivity contribution in [1.82, 2.24) is 0 Å². The van der Waals surface area contributed by atoms with Crippen molar-refractivity contribution < 1.29 is 0 Å². The summed E-state index contributed by atoms with van der Waals surface area (Å²) in [4.78, 5) is 0. The summed E-state index contributed by atoms with van der Waals surface area (Å²) in [7, 11) is 0. The first-order valence-corrected chi connectivity index (χ1v) is 3.56. The number of hydrogen-bond donors (Lipinski definition) is 1. The molecule has 0 amide bonds. The first kappa shape index (κ1) is 4.80. The summed E-state index contributed by atoms with van der Waals surface area (Å²) in [5.41, 5.74) is 6.54. The van der Waals surface area contributed by atoms with Gasteiger partial charge in [-0.1, -0.05) is 0 Å². The Morgan fingerprint density at radius 3 is 2.25 bits per heavy atom. The molecule has 2 saturated carbocycles. The van der Waals surface area contributed by atoms with E-state index in [4.69, 9.17) is 5.73 Å². The molecule has 1 unspecified atom stereocenters. The third-order valence-corrected chi connectivity index (χ3v) is 2.70. The summed E-state index contributed by atoms with van der Waals surface area (Å²) in [6.45, 7) is 0. The lowest BCUT2D eigenvalue weighted by molar-refractivity contribution is 0.523. The molecular formula is C7H13N. The van der Waals surface area contributed by atoms with Crippen LogP contribution in [0.2, 0.25) is 0 Å². The van der Waals surface area contributed by atoms with Crippen molar-refractivity contribution >= 4 is 0 Å². The Morgan fingerprint density at radius 2 is 2.00 bits per heavy atom. The monoisotopic (exact) mass is 111 g/mol. The summed E-state index contributed by atoms with van der Waals surface area (Å²) in [5.74, 6) is 0. The van der Waals surface area contributed by atoms with Crippen LogP contribution in [0.15, 0.2) is 0 Å². The largest absolute Gasteiger partial charge is 0.328 e. The first-order valence-electron chi connectivity index (χ1n) is 3.56. The zero-order valence-corrected chi connectivity index (χ0v) is 5.19. The highest BCUT2D eigenvalue weighted by atomic mass is 14.7. The maximum absolute atomic E-state index is 5.75. The van der Waals surface area contributed by atoms with Crippen molar-refractivity contribution in [2.45, 2.75) is 38.1 Å². The molecule has 2 N–H and O–H groups in total. The molecule has 2 aliphatic carbocycles. The maximum Gasteiger partial charge on any atom is 0.00443 e. The van der Waals surface area contributed by atoms with E-state index in [1.807, 2.05) is 0 Å². The van der Waals surface area contributed by atoms with Gasteiger partial charge in [0.25, 0.3) is 0 Å². The van der Waals surface area contributed by atoms with Crippen molar-refractivity contribution in [2.24, 2.45) is 11.1 Å². The maximum atomic E-state index is 5.75. The van der Waals surface area contributed by atoms with Crippen LogP contribution < -0.4 is 5.73 Å². The van der Waals surface area contributed by atoms with Crippen LogP contribution in [-0.2, 0) is 0 Å². The average molecular weight is 111 g/mol. The van der Waals surface area contributed by atoms with Gasteiger partial charge in [0.05, 0.1) is 0 Å². The molecule has 1 spiro atoms. The molecule has 0 bridgehead atoms. The molecule has 0 aromatic carbocycles. The topological polar surface area (TPSA) is 26.0 Å². The van der Waals surface area contributed by atoms with Gasteiger partial charge in [-0.25, -0.2) is 0 Å². The Labute approximate surface area is 50.3 Å². The van der Waals surface area contributed by atoms with Crippen LogP contribution >= 0.6 is 0 Å². The van der Waals surface area contributed by atoms with Gasteiger partial charge in [0.2, 0.25) is 0 Å². The van der Waals surface area contributed by atoms with Gasteiger partial charge in [0, 0.05) is 6.04 Å². The second-order valence-corrected chi connectivity index (χ2v) is 3.50.